The predicted molar refractivity (Wildman–Crippen MR) is 68.4 cm³/mol. The zero-order chi connectivity index (χ0) is 12.7. The molecule has 18 heavy (non-hydrogen) atoms. The molecular weight excluding hydrogens is 250 g/mol. The van der Waals surface area contributed by atoms with Crippen molar-refractivity contribution >= 4 is 27.5 Å². The SMILES string of the molecule is Cc1cc(C(=O)O)nn1-c1nc2ccccc2s1. The van der Waals surface area contributed by atoms with Crippen molar-refractivity contribution < 1.29 is 9.90 Å². The molecule has 0 radical (unpaired) electrons. The number of rotatable bonds is 2. The van der Waals surface area contributed by atoms with E-state index in [-0.39, 0.29) is 5.69 Å². The molecule has 0 unspecified atom stereocenters. The van der Waals surface area contributed by atoms with Crippen LogP contribution in [0.15, 0.2) is 30.3 Å². The van der Waals surface area contributed by atoms with Gasteiger partial charge in [0.05, 0.1) is 10.2 Å². The lowest BCUT2D eigenvalue weighted by atomic mass is 10.3. The quantitative estimate of drug-likeness (QED) is 0.767. The van der Waals surface area contributed by atoms with Gasteiger partial charge in [-0.15, -0.1) is 0 Å². The summed E-state index contributed by atoms with van der Waals surface area (Å²) in [5.74, 6) is -1.03. The van der Waals surface area contributed by atoms with Gasteiger partial charge in [0.25, 0.3) is 0 Å². The van der Waals surface area contributed by atoms with Gasteiger partial charge in [0.2, 0.25) is 5.13 Å². The fourth-order valence-electron chi connectivity index (χ4n) is 1.72. The molecule has 0 amide bonds. The van der Waals surface area contributed by atoms with E-state index in [9.17, 15) is 4.79 Å². The molecule has 2 aromatic heterocycles. The van der Waals surface area contributed by atoms with E-state index in [4.69, 9.17) is 5.11 Å². The largest absolute Gasteiger partial charge is 0.476 e. The Labute approximate surface area is 106 Å². The van der Waals surface area contributed by atoms with Gasteiger partial charge in [0, 0.05) is 5.69 Å². The number of carboxylic acid groups (broad SMARTS) is 1. The van der Waals surface area contributed by atoms with E-state index in [1.807, 2.05) is 31.2 Å². The summed E-state index contributed by atoms with van der Waals surface area (Å²) in [5, 5.41) is 13.6. The number of aromatic nitrogens is 3. The van der Waals surface area contributed by atoms with Crippen LogP contribution in [0.5, 0.6) is 0 Å². The number of hydrogen-bond acceptors (Lipinski definition) is 4. The van der Waals surface area contributed by atoms with Crippen LogP contribution in [0.25, 0.3) is 15.3 Å². The van der Waals surface area contributed by atoms with Gasteiger partial charge in [0.15, 0.2) is 5.69 Å². The van der Waals surface area contributed by atoms with Crippen molar-refractivity contribution in [2.24, 2.45) is 0 Å². The lowest BCUT2D eigenvalue weighted by molar-refractivity contribution is 0.0690. The third-order valence-corrected chi connectivity index (χ3v) is 3.58. The summed E-state index contributed by atoms with van der Waals surface area (Å²) >= 11 is 1.49. The average molecular weight is 259 g/mol. The highest BCUT2D eigenvalue weighted by Gasteiger charge is 2.14. The number of fused-ring (bicyclic) bond motifs is 1. The number of benzene rings is 1. The number of nitrogens with zero attached hydrogens (tertiary/aromatic N) is 3. The van der Waals surface area contributed by atoms with Crippen molar-refractivity contribution in [1.82, 2.24) is 14.8 Å². The van der Waals surface area contributed by atoms with E-state index < -0.39 is 5.97 Å². The van der Waals surface area contributed by atoms with E-state index >= 15 is 0 Å². The molecule has 1 aromatic carbocycles. The van der Waals surface area contributed by atoms with Crippen LogP contribution in [-0.4, -0.2) is 25.8 Å². The summed E-state index contributed by atoms with van der Waals surface area (Å²) in [6.45, 7) is 1.81. The number of hydrogen-bond donors (Lipinski definition) is 1. The van der Waals surface area contributed by atoms with E-state index in [2.05, 4.69) is 10.1 Å². The van der Waals surface area contributed by atoms with E-state index in [1.165, 1.54) is 17.4 Å². The molecule has 3 rings (SSSR count). The van der Waals surface area contributed by atoms with Crippen LogP contribution in [0.4, 0.5) is 0 Å². The molecule has 90 valence electrons. The van der Waals surface area contributed by atoms with Crippen molar-refractivity contribution in [2.75, 3.05) is 0 Å². The zero-order valence-electron chi connectivity index (χ0n) is 9.49. The lowest BCUT2D eigenvalue weighted by Crippen LogP contribution is -2.01. The van der Waals surface area contributed by atoms with Gasteiger partial charge in [-0.05, 0) is 25.1 Å². The Morgan fingerprint density at radius 3 is 2.83 bits per heavy atom. The number of aromatic carboxylic acids is 1. The minimum absolute atomic E-state index is 0.0340. The van der Waals surface area contributed by atoms with Gasteiger partial charge >= 0.3 is 5.97 Å². The molecule has 6 heteroatoms. The number of para-hydroxylation sites is 1. The number of carbonyl (C=O) groups is 1. The standard InChI is InChI=1S/C12H9N3O2S/c1-7-6-9(11(16)17)14-15(7)12-13-8-4-2-3-5-10(8)18-12/h2-6H,1H3,(H,16,17). The Balaban J connectivity index is 2.16. The Hall–Kier alpha value is -2.21. The summed E-state index contributed by atoms with van der Waals surface area (Å²) in [7, 11) is 0. The van der Waals surface area contributed by atoms with Gasteiger partial charge in [-0.25, -0.2) is 14.5 Å². The van der Waals surface area contributed by atoms with Crippen LogP contribution in [-0.2, 0) is 0 Å². The Bertz CT molecular complexity index is 712. The summed E-state index contributed by atoms with van der Waals surface area (Å²) in [6, 6.07) is 9.31. The van der Waals surface area contributed by atoms with Gasteiger partial charge in [0.1, 0.15) is 0 Å². The smallest absolute Gasteiger partial charge is 0.356 e. The summed E-state index contributed by atoms with van der Waals surface area (Å²) in [5.41, 5.74) is 1.68. The topological polar surface area (TPSA) is 68.0 Å². The van der Waals surface area contributed by atoms with Crippen molar-refractivity contribution in [3.8, 4) is 5.13 Å². The maximum Gasteiger partial charge on any atom is 0.356 e. The van der Waals surface area contributed by atoms with Gasteiger partial charge in [-0.2, -0.15) is 5.10 Å². The molecule has 0 aliphatic carbocycles. The summed E-state index contributed by atoms with van der Waals surface area (Å²) in [4.78, 5) is 15.3. The molecule has 0 bridgehead atoms. The summed E-state index contributed by atoms with van der Waals surface area (Å²) < 4.78 is 2.62. The second kappa shape index (κ2) is 3.92. The van der Waals surface area contributed by atoms with Crippen LogP contribution in [0.3, 0.4) is 0 Å². The average Bonchev–Trinajstić information content (AvgIpc) is 2.91. The highest BCUT2D eigenvalue weighted by Crippen LogP contribution is 2.25. The molecule has 1 N–H and O–H groups in total. The minimum Gasteiger partial charge on any atom is -0.476 e. The Morgan fingerprint density at radius 2 is 2.17 bits per heavy atom. The number of thiazole rings is 1. The molecule has 3 aromatic rings. The van der Waals surface area contributed by atoms with Crippen LogP contribution in [0.2, 0.25) is 0 Å². The first kappa shape index (κ1) is 10.9. The molecule has 0 saturated heterocycles. The first-order valence-corrected chi connectivity index (χ1v) is 6.13. The van der Waals surface area contributed by atoms with E-state index in [1.54, 1.807) is 4.68 Å². The monoisotopic (exact) mass is 259 g/mol. The van der Waals surface area contributed by atoms with E-state index in [0.29, 0.717) is 5.13 Å². The first-order valence-electron chi connectivity index (χ1n) is 5.31. The number of carboxylic acids is 1. The molecule has 0 fully saturated rings. The molecular formula is C12H9N3O2S. The van der Waals surface area contributed by atoms with Crippen molar-refractivity contribution in [3.05, 3.63) is 41.7 Å². The van der Waals surface area contributed by atoms with Gasteiger partial charge in [-0.1, -0.05) is 23.5 Å². The zero-order valence-corrected chi connectivity index (χ0v) is 10.3. The maximum atomic E-state index is 10.9. The third kappa shape index (κ3) is 1.67. The molecule has 0 atom stereocenters. The second-order valence-corrected chi connectivity index (χ2v) is 4.86. The van der Waals surface area contributed by atoms with Crippen molar-refractivity contribution in [2.45, 2.75) is 6.92 Å². The highest BCUT2D eigenvalue weighted by molar-refractivity contribution is 7.20. The summed E-state index contributed by atoms with van der Waals surface area (Å²) in [6.07, 6.45) is 0. The highest BCUT2D eigenvalue weighted by atomic mass is 32.1. The molecule has 0 spiro atoms. The van der Waals surface area contributed by atoms with Gasteiger partial charge in [-0.3, -0.25) is 0 Å². The number of aryl methyl sites for hydroxylation is 1. The fraction of sp³-hybridized carbons (Fsp3) is 0.0833. The van der Waals surface area contributed by atoms with Crippen molar-refractivity contribution in [1.29, 1.82) is 0 Å². The molecule has 0 saturated carbocycles. The second-order valence-electron chi connectivity index (χ2n) is 3.85. The Morgan fingerprint density at radius 1 is 1.39 bits per heavy atom. The van der Waals surface area contributed by atoms with Crippen LogP contribution in [0, 0.1) is 6.92 Å². The maximum absolute atomic E-state index is 10.9. The first-order chi connectivity index (χ1) is 8.65. The third-order valence-electron chi connectivity index (χ3n) is 2.57. The van der Waals surface area contributed by atoms with Gasteiger partial charge < -0.3 is 5.11 Å². The van der Waals surface area contributed by atoms with Crippen LogP contribution >= 0.6 is 11.3 Å². The van der Waals surface area contributed by atoms with Crippen LogP contribution in [0.1, 0.15) is 16.2 Å². The fourth-order valence-corrected chi connectivity index (χ4v) is 2.70. The predicted octanol–water partition coefficient (Wildman–Crippen LogP) is 2.49. The van der Waals surface area contributed by atoms with Crippen LogP contribution < -0.4 is 0 Å². The molecule has 0 aliphatic heterocycles. The molecule has 0 aliphatic rings. The minimum atomic E-state index is -1.03. The molecule has 5 nitrogen and oxygen atoms in total. The lowest BCUT2D eigenvalue weighted by Gasteiger charge is -1.96. The van der Waals surface area contributed by atoms with Crippen molar-refractivity contribution in [3.63, 3.8) is 0 Å². The normalized spacial score (nSPS) is 10.9. The Kier molecular flexibility index (Phi) is 2.38. The molecule has 2 heterocycles. The van der Waals surface area contributed by atoms with E-state index in [0.717, 1.165) is 15.9 Å².